The van der Waals surface area contributed by atoms with Crippen LogP contribution in [0, 0.1) is 18.3 Å². The van der Waals surface area contributed by atoms with Gasteiger partial charge in [-0.15, -0.1) is 0 Å². The molecular formula is C17H13N3O. The highest BCUT2D eigenvalue weighted by molar-refractivity contribution is 6.16. The van der Waals surface area contributed by atoms with Crippen LogP contribution in [0.3, 0.4) is 0 Å². The van der Waals surface area contributed by atoms with Gasteiger partial charge in [-0.2, -0.15) is 5.26 Å². The first-order valence-corrected chi connectivity index (χ1v) is 6.52. The molecule has 4 nitrogen and oxygen atoms in total. The Hall–Kier alpha value is -3.06. The van der Waals surface area contributed by atoms with Crippen LogP contribution in [0.15, 0.2) is 42.6 Å². The number of anilines is 1. The average Bonchev–Trinajstić information content (AvgIpc) is 2.92. The fourth-order valence-electron chi connectivity index (χ4n) is 2.36. The molecule has 0 aliphatic rings. The number of nitrogen functional groups attached to an aromatic ring is 1. The van der Waals surface area contributed by atoms with Crippen molar-refractivity contribution in [1.82, 2.24) is 4.98 Å². The number of nitrogens with one attached hydrogen (secondary N) is 1. The minimum absolute atomic E-state index is 0.0611. The Morgan fingerprint density at radius 1 is 1.24 bits per heavy atom. The third-order valence-corrected chi connectivity index (χ3v) is 3.59. The van der Waals surface area contributed by atoms with Gasteiger partial charge in [-0.05, 0) is 42.8 Å². The first kappa shape index (κ1) is 12.9. The molecule has 3 aromatic rings. The molecule has 1 aromatic heterocycles. The number of nitriles is 1. The van der Waals surface area contributed by atoms with Crippen molar-refractivity contribution in [3.05, 3.63) is 64.8 Å². The summed E-state index contributed by atoms with van der Waals surface area (Å²) >= 11 is 0. The summed E-state index contributed by atoms with van der Waals surface area (Å²) in [6.45, 7) is 1.88. The summed E-state index contributed by atoms with van der Waals surface area (Å²) in [4.78, 5) is 15.7. The molecule has 0 unspecified atom stereocenters. The van der Waals surface area contributed by atoms with Crippen LogP contribution in [0.1, 0.15) is 27.0 Å². The lowest BCUT2D eigenvalue weighted by atomic mass is 10.00. The number of hydrogen-bond donors (Lipinski definition) is 2. The Morgan fingerprint density at radius 3 is 2.76 bits per heavy atom. The summed E-state index contributed by atoms with van der Waals surface area (Å²) in [5.74, 6) is -0.0611. The lowest BCUT2D eigenvalue weighted by Gasteiger charge is -2.04. The van der Waals surface area contributed by atoms with Crippen molar-refractivity contribution >= 4 is 22.4 Å². The van der Waals surface area contributed by atoms with E-state index in [1.54, 1.807) is 42.6 Å². The quantitative estimate of drug-likeness (QED) is 0.556. The number of aryl methyl sites for hydroxylation is 1. The predicted molar refractivity (Wildman–Crippen MR) is 82.0 cm³/mol. The summed E-state index contributed by atoms with van der Waals surface area (Å²) in [6.07, 6.45) is 1.68. The maximum Gasteiger partial charge on any atom is 0.195 e. The van der Waals surface area contributed by atoms with Crippen molar-refractivity contribution in [2.45, 2.75) is 6.92 Å². The standard InChI is InChI=1S/C17H13N3O/c1-10-6-12(3-5-15(10)19)17(21)14-9-20-16-7-11(8-18)2-4-13(14)16/h2-7,9,20H,19H2,1H3. The molecule has 0 atom stereocenters. The van der Waals surface area contributed by atoms with Gasteiger partial charge in [0.25, 0.3) is 0 Å². The molecule has 0 amide bonds. The zero-order valence-corrected chi connectivity index (χ0v) is 11.5. The van der Waals surface area contributed by atoms with Crippen LogP contribution in [0.5, 0.6) is 0 Å². The molecule has 0 spiro atoms. The third kappa shape index (κ3) is 2.15. The van der Waals surface area contributed by atoms with Crippen molar-refractivity contribution in [3.63, 3.8) is 0 Å². The maximum atomic E-state index is 12.6. The zero-order valence-electron chi connectivity index (χ0n) is 11.5. The molecule has 0 saturated heterocycles. The summed E-state index contributed by atoms with van der Waals surface area (Å²) in [7, 11) is 0. The molecule has 4 heteroatoms. The van der Waals surface area contributed by atoms with Crippen LogP contribution in [0.4, 0.5) is 5.69 Å². The molecule has 2 aromatic carbocycles. The number of aromatic amines is 1. The molecule has 0 aliphatic heterocycles. The topological polar surface area (TPSA) is 82.7 Å². The van der Waals surface area contributed by atoms with E-state index in [-0.39, 0.29) is 5.78 Å². The monoisotopic (exact) mass is 275 g/mol. The molecule has 3 N–H and O–H groups in total. The largest absolute Gasteiger partial charge is 0.399 e. The van der Waals surface area contributed by atoms with Crippen LogP contribution in [0.25, 0.3) is 10.9 Å². The molecule has 0 fully saturated rings. The van der Waals surface area contributed by atoms with Crippen LogP contribution in [-0.2, 0) is 0 Å². The number of aromatic nitrogens is 1. The first-order chi connectivity index (χ1) is 10.1. The summed E-state index contributed by atoms with van der Waals surface area (Å²) in [6, 6.07) is 12.6. The maximum absolute atomic E-state index is 12.6. The summed E-state index contributed by atoms with van der Waals surface area (Å²) in [5, 5.41) is 9.72. The van der Waals surface area contributed by atoms with Crippen LogP contribution < -0.4 is 5.73 Å². The van der Waals surface area contributed by atoms with Gasteiger partial charge in [-0.25, -0.2) is 0 Å². The lowest BCUT2D eigenvalue weighted by molar-refractivity contribution is 0.104. The normalized spacial score (nSPS) is 10.5. The number of hydrogen-bond acceptors (Lipinski definition) is 3. The second-order valence-corrected chi connectivity index (χ2v) is 4.98. The highest BCUT2D eigenvalue weighted by Crippen LogP contribution is 2.23. The number of nitrogens with two attached hydrogens (primary N) is 1. The number of fused-ring (bicyclic) bond motifs is 1. The van der Waals surface area contributed by atoms with Gasteiger partial charge >= 0.3 is 0 Å². The number of rotatable bonds is 2. The van der Waals surface area contributed by atoms with Gasteiger partial charge in [-0.3, -0.25) is 4.79 Å². The minimum Gasteiger partial charge on any atom is -0.399 e. The van der Waals surface area contributed by atoms with Gasteiger partial charge in [0.2, 0.25) is 0 Å². The Labute approximate surface area is 121 Å². The van der Waals surface area contributed by atoms with Crippen molar-refractivity contribution < 1.29 is 4.79 Å². The number of ketones is 1. The first-order valence-electron chi connectivity index (χ1n) is 6.52. The molecule has 1 heterocycles. The van der Waals surface area contributed by atoms with Gasteiger partial charge in [0.05, 0.1) is 11.6 Å². The molecule has 21 heavy (non-hydrogen) atoms. The Kier molecular flexibility index (Phi) is 2.96. The van der Waals surface area contributed by atoms with E-state index in [0.717, 1.165) is 16.5 Å². The third-order valence-electron chi connectivity index (χ3n) is 3.59. The van der Waals surface area contributed by atoms with E-state index in [9.17, 15) is 4.79 Å². The summed E-state index contributed by atoms with van der Waals surface area (Å²) < 4.78 is 0. The van der Waals surface area contributed by atoms with Gasteiger partial charge in [0.1, 0.15) is 0 Å². The fraction of sp³-hybridized carbons (Fsp3) is 0.0588. The van der Waals surface area contributed by atoms with Gasteiger partial charge < -0.3 is 10.7 Å². The highest BCUT2D eigenvalue weighted by atomic mass is 16.1. The number of carbonyl (C=O) groups excluding carboxylic acids is 1. The van der Waals surface area contributed by atoms with E-state index in [2.05, 4.69) is 11.1 Å². The van der Waals surface area contributed by atoms with Crippen molar-refractivity contribution in [1.29, 1.82) is 5.26 Å². The second kappa shape index (κ2) is 4.80. The minimum atomic E-state index is -0.0611. The fourth-order valence-corrected chi connectivity index (χ4v) is 2.36. The van der Waals surface area contributed by atoms with Gasteiger partial charge in [0, 0.05) is 33.9 Å². The predicted octanol–water partition coefficient (Wildman–Crippen LogP) is 3.16. The van der Waals surface area contributed by atoms with Crippen molar-refractivity contribution in [2.24, 2.45) is 0 Å². The van der Waals surface area contributed by atoms with E-state index < -0.39 is 0 Å². The Morgan fingerprint density at radius 2 is 2.05 bits per heavy atom. The average molecular weight is 275 g/mol. The zero-order chi connectivity index (χ0) is 15.0. The molecule has 0 aliphatic carbocycles. The second-order valence-electron chi connectivity index (χ2n) is 4.98. The van der Waals surface area contributed by atoms with Crippen molar-refractivity contribution in [2.75, 3.05) is 5.73 Å². The molecule has 3 rings (SSSR count). The van der Waals surface area contributed by atoms with Crippen LogP contribution in [-0.4, -0.2) is 10.8 Å². The SMILES string of the molecule is Cc1cc(C(=O)c2c[nH]c3cc(C#N)ccc23)ccc1N. The Bertz CT molecular complexity index is 900. The number of carbonyl (C=O) groups is 1. The van der Waals surface area contributed by atoms with E-state index >= 15 is 0 Å². The number of benzene rings is 2. The van der Waals surface area contributed by atoms with Crippen LogP contribution >= 0.6 is 0 Å². The number of nitrogens with zero attached hydrogens (tertiary/aromatic N) is 1. The van der Waals surface area contributed by atoms with Gasteiger partial charge in [0.15, 0.2) is 5.78 Å². The van der Waals surface area contributed by atoms with Crippen LogP contribution in [0.2, 0.25) is 0 Å². The number of H-pyrrole nitrogens is 1. The molecule has 0 radical (unpaired) electrons. The van der Waals surface area contributed by atoms with Gasteiger partial charge in [-0.1, -0.05) is 6.07 Å². The Balaban J connectivity index is 2.09. The van der Waals surface area contributed by atoms with E-state index in [0.29, 0.717) is 22.4 Å². The van der Waals surface area contributed by atoms with E-state index in [1.807, 2.05) is 6.92 Å². The van der Waals surface area contributed by atoms with E-state index in [4.69, 9.17) is 11.0 Å². The smallest absolute Gasteiger partial charge is 0.195 e. The summed E-state index contributed by atoms with van der Waals surface area (Å²) in [5.41, 5.74) is 9.88. The molecular weight excluding hydrogens is 262 g/mol. The van der Waals surface area contributed by atoms with Crippen molar-refractivity contribution in [3.8, 4) is 6.07 Å². The molecule has 102 valence electrons. The highest BCUT2D eigenvalue weighted by Gasteiger charge is 2.15. The lowest BCUT2D eigenvalue weighted by Crippen LogP contribution is -2.02. The molecule has 0 bridgehead atoms. The van der Waals surface area contributed by atoms with E-state index in [1.165, 1.54) is 0 Å². The molecule has 0 saturated carbocycles.